The van der Waals surface area contributed by atoms with Crippen molar-refractivity contribution in [2.45, 2.75) is 47.0 Å². The van der Waals surface area contributed by atoms with E-state index in [0.717, 1.165) is 30.2 Å². The molecule has 4 heteroatoms. The molecule has 0 unspecified atom stereocenters. The van der Waals surface area contributed by atoms with Gasteiger partial charge in [-0.1, -0.05) is 34.6 Å². The van der Waals surface area contributed by atoms with Gasteiger partial charge in [-0.3, -0.25) is 4.68 Å². The van der Waals surface area contributed by atoms with Gasteiger partial charge in [-0.05, 0) is 17.8 Å². The lowest BCUT2D eigenvalue weighted by Crippen LogP contribution is -2.15. The third-order valence-electron chi connectivity index (χ3n) is 2.83. The van der Waals surface area contributed by atoms with Crippen LogP contribution in [0, 0.1) is 5.41 Å². The van der Waals surface area contributed by atoms with Crippen molar-refractivity contribution in [2.24, 2.45) is 12.5 Å². The molecule has 3 N–H and O–H groups in total. The minimum Gasteiger partial charge on any atom is -0.394 e. The van der Waals surface area contributed by atoms with Crippen molar-refractivity contribution in [2.75, 3.05) is 17.6 Å². The lowest BCUT2D eigenvalue weighted by Gasteiger charge is -2.18. The van der Waals surface area contributed by atoms with Crippen LogP contribution in [0.5, 0.6) is 0 Å². The number of anilines is 2. The van der Waals surface area contributed by atoms with E-state index >= 15 is 0 Å². The predicted octanol–water partition coefficient (Wildman–Crippen LogP) is 2.97. The molecule has 1 heterocycles. The molecule has 98 valence electrons. The first-order valence-electron chi connectivity index (χ1n) is 6.28. The summed E-state index contributed by atoms with van der Waals surface area (Å²) >= 11 is 0. The minimum absolute atomic E-state index is 0.335. The summed E-state index contributed by atoms with van der Waals surface area (Å²) in [5.74, 6) is 1.30. The molecule has 0 radical (unpaired) electrons. The van der Waals surface area contributed by atoms with Gasteiger partial charge in [0.05, 0.1) is 11.4 Å². The molecular formula is C13H26N4. The summed E-state index contributed by atoms with van der Waals surface area (Å²) in [5, 5.41) is 7.84. The van der Waals surface area contributed by atoms with Gasteiger partial charge in [0.15, 0.2) is 0 Å². The number of hydrogen-bond acceptors (Lipinski definition) is 3. The Morgan fingerprint density at radius 2 is 1.94 bits per heavy atom. The standard InChI is InChI=1S/C13H26N4/c1-9(2)11-10(14)12(17(6)16-11)15-8-7-13(3,4)5/h9,15H,7-8,14H2,1-6H3. The fraction of sp³-hybridized carbons (Fsp3) is 0.769. The van der Waals surface area contributed by atoms with E-state index in [1.165, 1.54) is 0 Å². The summed E-state index contributed by atoms with van der Waals surface area (Å²) in [7, 11) is 1.93. The number of aromatic nitrogens is 2. The van der Waals surface area contributed by atoms with Crippen molar-refractivity contribution in [3.05, 3.63) is 5.69 Å². The highest BCUT2D eigenvalue weighted by atomic mass is 15.3. The van der Waals surface area contributed by atoms with Gasteiger partial charge in [0.25, 0.3) is 0 Å². The summed E-state index contributed by atoms with van der Waals surface area (Å²) in [6.07, 6.45) is 1.11. The molecule has 0 aromatic carbocycles. The van der Waals surface area contributed by atoms with Crippen molar-refractivity contribution in [3.63, 3.8) is 0 Å². The zero-order valence-corrected chi connectivity index (χ0v) is 12.0. The Morgan fingerprint density at radius 1 is 1.35 bits per heavy atom. The Bertz CT molecular complexity index is 372. The van der Waals surface area contributed by atoms with Crippen molar-refractivity contribution in [1.29, 1.82) is 0 Å². The number of aryl methyl sites for hydroxylation is 1. The van der Waals surface area contributed by atoms with Gasteiger partial charge in [0, 0.05) is 13.6 Å². The Morgan fingerprint density at radius 3 is 2.35 bits per heavy atom. The van der Waals surface area contributed by atoms with Crippen LogP contribution in [0.15, 0.2) is 0 Å². The molecule has 0 amide bonds. The van der Waals surface area contributed by atoms with E-state index in [-0.39, 0.29) is 0 Å². The van der Waals surface area contributed by atoms with E-state index in [0.29, 0.717) is 11.3 Å². The predicted molar refractivity (Wildman–Crippen MR) is 74.3 cm³/mol. The van der Waals surface area contributed by atoms with Crippen LogP contribution in [0.2, 0.25) is 0 Å². The summed E-state index contributed by atoms with van der Waals surface area (Å²) in [4.78, 5) is 0. The molecule has 0 saturated carbocycles. The van der Waals surface area contributed by atoms with Crippen molar-refractivity contribution < 1.29 is 0 Å². The van der Waals surface area contributed by atoms with Gasteiger partial charge >= 0.3 is 0 Å². The minimum atomic E-state index is 0.335. The van der Waals surface area contributed by atoms with Crippen LogP contribution < -0.4 is 11.1 Å². The van der Waals surface area contributed by atoms with Crippen LogP contribution in [0.25, 0.3) is 0 Å². The lowest BCUT2D eigenvalue weighted by molar-refractivity contribution is 0.389. The van der Waals surface area contributed by atoms with E-state index in [9.17, 15) is 0 Å². The fourth-order valence-corrected chi connectivity index (χ4v) is 1.75. The summed E-state index contributed by atoms with van der Waals surface area (Å²) in [6, 6.07) is 0. The average molecular weight is 238 g/mol. The van der Waals surface area contributed by atoms with Crippen LogP contribution in [0.3, 0.4) is 0 Å². The number of nitrogen functional groups attached to an aromatic ring is 1. The molecule has 0 atom stereocenters. The van der Waals surface area contributed by atoms with Gasteiger partial charge in [-0.2, -0.15) is 5.10 Å². The van der Waals surface area contributed by atoms with Crippen molar-refractivity contribution in [3.8, 4) is 0 Å². The van der Waals surface area contributed by atoms with Gasteiger partial charge < -0.3 is 11.1 Å². The quantitative estimate of drug-likeness (QED) is 0.848. The number of nitrogens with two attached hydrogens (primary N) is 1. The molecule has 0 fully saturated rings. The second-order valence-corrected chi connectivity index (χ2v) is 6.16. The number of hydrogen-bond donors (Lipinski definition) is 2. The maximum Gasteiger partial charge on any atom is 0.147 e. The summed E-state index contributed by atoms with van der Waals surface area (Å²) in [6.45, 7) is 11.8. The van der Waals surface area contributed by atoms with E-state index < -0.39 is 0 Å². The van der Waals surface area contributed by atoms with Crippen LogP contribution in [-0.4, -0.2) is 16.3 Å². The Labute approximate surface area is 105 Å². The van der Waals surface area contributed by atoms with Gasteiger partial charge in [-0.25, -0.2) is 0 Å². The first-order chi connectivity index (χ1) is 7.72. The maximum absolute atomic E-state index is 6.11. The van der Waals surface area contributed by atoms with Gasteiger partial charge in [0.2, 0.25) is 0 Å². The van der Waals surface area contributed by atoms with Crippen molar-refractivity contribution in [1.82, 2.24) is 9.78 Å². The molecule has 0 aliphatic carbocycles. The third-order valence-corrected chi connectivity index (χ3v) is 2.83. The second kappa shape index (κ2) is 4.98. The van der Waals surface area contributed by atoms with Crippen LogP contribution >= 0.6 is 0 Å². The SMILES string of the molecule is CC(C)c1nn(C)c(NCCC(C)(C)C)c1N. The molecular weight excluding hydrogens is 212 g/mol. The molecule has 0 aliphatic rings. The van der Waals surface area contributed by atoms with Crippen molar-refractivity contribution >= 4 is 11.5 Å². The fourth-order valence-electron chi connectivity index (χ4n) is 1.75. The largest absolute Gasteiger partial charge is 0.394 e. The zero-order valence-electron chi connectivity index (χ0n) is 12.0. The van der Waals surface area contributed by atoms with Crippen LogP contribution in [0.1, 0.15) is 52.7 Å². The number of rotatable bonds is 4. The monoisotopic (exact) mass is 238 g/mol. The van der Waals surface area contributed by atoms with Gasteiger partial charge in [0.1, 0.15) is 5.82 Å². The van der Waals surface area contributed by atoms with E-state index in [2.05, 4.69) is 45.0 Å². The average Bonchev–Trinajstić information content (AvgIpc) is 2.43. The highest BCUT2D eigenvalue weighted by Gasteiger charge is 2.16. The third kappa shape index (κ3) is 3.65. The summed E-state index contributed by atoms with van der Waals surface area (Å²) < 4.78 is 1.84. The topological polar surface area (TPSA) is 55.9 Å². The highest BCUT2D eigenvalue weighted by molar-refractivity contribution is 5.65. The first-order valence-corrected chi connectivity index (χ1v) is 6.28. The molecule has 0 saturated heterocycles. The van der Waals surface area contributed by atoms with E-state index in [1.54, 1.807) is 0 Å². The Hall–Kier alpha value is -1.19. The Balaban J connectivity index is 2.72. The normalized spacial score (nSPS) is 12.2. The van der Waals surface area contributed by atoms with E-state index in [4.69, 9.17) is 5.73 Å². The molecule has 4 nitrogen and oxygen atoms in total. The van der Waals surface area contributed by atoms with E-state index in [1.807, 2.05) is 11.7 Å². The molecule has 17 heavy (non-hydrogen) atoms. The maximum atomic E-state index is 6.11. The Kier molecular flexibility index (Phi) is 4.07. The smallest absolute Gasteiger partial charge is 0.147 e. The lowest BCUT2D eigenvalue weighted by atomic mass is 9.92. The second-order valence-electron chi connectivity index (χ2n) is 6.16. The highest BCUT2D eigenvalue weighted by Crippen LogP contribution is 2.28. The molecule has 0 bridgehead atoms. The molecule has 1 rings (SSSR count). The molecule has 0 aliphatic heterocycles. The van der Waals surface area contributed by atoms with Crippen LogP contribution in [-0.2, 0) is 7.05 Å². The molecule has 1 aromatic heterocycles. The van der Waals surface area contributed by atoms with Gasteiger partial charge in [-0.15, -0.1) is 0 Å². The molecule has 0 spiro atoms. The zero-order chi connectivity index (χ0) is 13.2. The summed E-state index contributed by atoms with van der Waals surface area (Å²) in [5.41, 5.74) is 8.21. The molecule has 1 aromatic rings. The number of nitrogens with zero attached hydrogens (tertiary/aromatic N) is 2. The first kappa shape index (κ1) is 13.9. The number of nitrogens with one attached hydrogen (secondary N) is 1. The van der Waals surface area contributed by atoms with Crippen LogP contribution in [0.4, 0.5) is 11.5 Å².